The van der Waals surface area contributed by atoms with Gasteiger partial charge in [-0.3, -0.25) is 4.79 Å². The fourth-order valence-electron chi connectivity index (χ4n) is 5.74. The Morgan fingerprint density at radius 1 is 1.21 bits per heavy atom. The molecule has 1 amide bonds. The van der Waals surface area contributed by atoms with Crippen molar-refractivity contribution in [3.63, 3.8) is 0 Å². The lowest BCUT2D eigenvalue weighted by Gasteiger charge is -2.55. The first-order chi connectivity index (χ1) is 11.2. The molecule has 1 aliphatic heterocycles. The fraction of sp³-hybridized carbons (Fsp3) is 0.571. The number of carbonyl (C=O) groups is 1. The normalized spacial score (nSPS) is 27.6. The average Bonchev–Trinajstić information content (AvgIpc) is 2.74. The van der Waals surface area contributed by atoms with Crippen LogP contribution in [-0.2, 0) is 4.79 Å². The molecule has 1 aromatic rings. The third kappa shape index (κ3) is 2.48. The van der Waals surface area contributed by atoms with Crippen molar-refractivity contribution in [3.05, 3.63) is 43.0 Å². The highest BCUT2D eigenvalue weighted by atomic mass is 28.3. The van der Waals surface area contributed by atoms with Gasteiger partial charge in [-0.25, -0.2) is 0 Å². The van der Waals surface area contributed by atoms with Crippen LogP contribution in [0, 0.1) is 5.92 Å². The van der Waals surface area contributed by atoms with Gasteiger partial charge in [0.15, 0.2) is 0 Å². The molecule has 2 nitrogen and oxygen atoms in total. The Labute approximate surface area is 148 Å². The Balaban J connectivity index is 2.78. The Bertz CT molecular complexity index is 587. The molecular weight excluding hydrogens is 310 g/mol. The molecular formula is C21H33NOSi. The molecule has 3 heteroatoms. The highest BCUT2D eigenvalue weighted by Gasteiger charge is 2.64. The second-order valence-electron chi connectivity index (χ2n) is 8.13. The van der Waals surface area contributed by atoms with E-state index in [4.69, 9.17) is 0 Å². The quantitative estimate of drug-likeness (QED) is 0.592. The maximum absolute atomic E-state index is 12.7. The van der Waals surface area contributed by atoms with Crippen molar-refractivity contribution in [2.75, 3.05) is 0 Å². The van der Waals surface area contributed by atoms with Crippen molar-refractivity contribution in [2.24, 2.45) is 5.92 Å². The predicted molar refractivity (Wildman–Crippen MR) is 106 cm³/mol. The van der Waals surface area contributed by atoms with Crippen molar-refractivity contribution >= 4 is 19.2 Å². The van der Waals surface area contributed by atoms with E-state index in [0.29, 0.717) is 11.1 Å². The molecule has 1 aliphatic rings. The maximum atomic E-state index is 12.7. The van der Waals surface area contributed by atoms with Crippen LogP contribution in [0.25, 0.3) is 0 Å². The molecule has 132 valence electrons. The van der Waals surface area contributed by atoms with Gasteiger partial charge in [-0.2, -0.15) is 0 Å². The van der Waals surface area contributed by atoms with Crippen LogP contribution in [0.15, 0.2) is 43.0 Å². The van der Waals surface area contributed by atoms with E-state index in [9.17, 15) is 4.79 Å². The van der Waals surface area contributed by atoms with Crippen LogP contribution in [0.2, 0.25) is 16.1 Å². The van der Waals surface area contributed by atoms with Gasteiger partial charge in [-0.1, -0.05) is 83.1 Å². The molecule has 1 fully saturated rings. The van der Waals surface area contributed by atoms with Crippen molar-refractivity contribution in [2.45, 2.75) is 70.1 Å². The molecule has 1 aromatic carbocycles. The van der Waals surface area contributed by atoms with Gasteiger partial charge >= 0.3 is 0 Å². The topological polar surface area (TPSA) is 29.1 Å². The predicted octanol–water partition coefficient (Wildman–Crippen LogP) is 4.63. The molecule has 0 unspecified atom stereocenters. The summed E-state index contributed by atoms with van der Waals surface area (Å²) in [6.07, 6.45) is 2.81. The van der Waals surface area contributed by atoms with E-state index in [2.05, 4.69) is 83.8 Å². The maximum Gasteiger partial charge on any atom is 0.223 e. The molecule has 3 atom stereocenters. The van der Waals surface area contributed by atoms with E-state index in [0.717, 1.165) is 6.42 Å². The molecule has 1 N–H and O–H groups in total. The summed E-state index contributed by atoms with van der Waals surface area (Å²) in [5.41, 5.74) is 1.10. The van der Waals surface area contributed by atoms with Crippen LogP contribution in [0.5, 0.6) is 0 Å². The molecule has 2 rings (SSSR count). The zero-order chi connectivity index (χ0) is 18.1. The van der Waals surface area contributed by atoms with Crippen molar-refractivity contribution in [3.8, 4) is 0 Å². The van der Waals surface area contributed by atoms with Crippen molar-refractivity contribution in [1.82, 2.24) is 5.32 Å². The van der Waals surface area contributed by atoms with E-state index in [-0.39, 0.29) is 22.9 Å². The van der Waals surface area contributed by atoms with Crippen LogP contribution in [-0.4, -0.2) is 20.0 Å². The van der Waals surface area contributed by atoms with E-state index in [1.54, 1.807) is 0 Å². The minimum absolute atomic E-state index is 0.0270. The molecule has 1 saturated heterocycles. The summed E-state index contributed by atoms with van der Waals surface area (Å²) in [5.74, 6) is 0.234. The third-order valence-corrected chi connectivity index (χ3v) is 14.2. The van der Waals surface area contributed by atoms with Crippen LogP contribution in [0.3, 0.4) is 0 Å². The van der Waals surface area contributed by atoms with E-state index in [1.165, 1.54) is 5.19 Å². The Morgan fingerprint density at radius 3 is 2.21 bits per heavy atom. The van der Waals surface area contributed by atoms with Crippen molar-refractivity contribution < 1.29 is 4.79 Å². The first kappa shape index (κ1) is 19.0. The van der Waals surface area contributed by atoms with E-state index < -0.39 is 8.07 Å². The van der Waals surface area contributed by atoms with Gasteiger partial charge in [-0.15, -0.1) is 6.58 Å². The number of rotatable bonds is 6. The molecule has 24 heavy (non-hydrogen) atoms. The first-order valence-electron chi connectivity index (χ1n) is 9.21. The number of hydrogen-bond donors (Lipinski definition) is 1. The summed E-state index contributed by atoms with van der Waals surface area (Å²) in [6.45, 7) is 17.9. The zero-order valence-electron chi connectivity index (χ0n) is 16.1. The summed E-state index contributed by atoms with van der Waals surface area (Å²) < 4.78 is 0. The molecule has 0 radical (unpaired) electrons. The van der Waals surface area contributed by atoms with Crippen LogP contribution in [0.1, 0.15) is 48.0 Å². The summed E-state index contributed by atoms with van der Waals surface area (Å²) in [4.78, 5) is 12.7. The summed E-state index contributed by atoms with van der Waals surface area (Å²) in [5, 5.41) is 4.75. The summed E-state index contributed by atoms with van der Waals surface area (Å²) in [6, 6.07) is 11.2. The van der Waals surface area contributed by atoms with Gasteiger partial charge in [-0.05, 0) is 22.5 Å². The number of carbonyl (C=O) groups excluding carboxylic acids is 1. The third-order valence-electron chi connectivity index (χ3n) is 6.70. The van der Waals surface area contributed by atoms with E-state index in [1.807, 2.05) is 6.08 Å². The number of benzene rings is 1. The van der Waals surface area contributed by atoms with Gasteiger partial charge in [0.1, 0.15) is 8.07 Å². The fourth-order valence-corrected chi connectivity index (χ4v) is 13.9. The molecule has 1 heterocycles. The minimum Gasteiger partial charge on any atom is -0.353 e. The van der Waals surface area contributed by atoms with Crippen molar-refractivity contribution in [1.29, 1.82) is 0 Å². The zero-order valence-corrected chi connectivity index (χ0v) is 17.1. The van der Waals surface area contributed by atoms with E-state index >= 15 is 0 Å². The molecule has 0 saturated carbocycles. The first-order valence-corrected chi connectivity index (χ1v) is 11.4. The van der Waals surface area contributed by atoms with Gasteiger partial charge in [0.2, 0.25) is 5.91 Å². The van der Waals surface area contributed by atoms with Crippen LogP contribution in [0.4, 0.5) is 0 Å². The van der Waals surface area contributed by atoms with Gasteiger partial charge < -0.3 is 5.32 Å². The Morgan fingerprint density at radius 2 is 1.75 bits per heavy atom. The second-order valence-corrected chi connectivity index (χ2v) is 13.8. The van der Waals surface area contributed by atoms with Crippen LogP contribution >= 0.6 is 0 Å². The molecule has 0 bridgehead atoms. The molecule has 0 spiro atoms. The smallest absolute Gasteiger partial charge is 0.223 e. The summed E-state index contributed by atoms with van der Waals surface area (Å²) >= 11 is 0. The lowest BCUT2D eigenvalue weighted by Crippen LogP contribution is -2.65. The number of amides is 1. The van der Waals surface area contributed by atoms with Gasteiger partial charge in [0.25, 0.3) is 0 Å². The van der Waals surface area contributed by atoms with Gasteiger partial charge in [0.05, 0.1) is 0 Å². The number of nitrogens with one attached hydrogen (secondary N) is 1. The summed E-state index contributed by atoms with van der Waals surface area (Å²) in [7, 11) is -2.05. The lowest BCUT2D eigenvalue weighted by molar-refractivity contribution is -0.122. The number of hydrogen-bond acceptors (Lipinski definition) is 1. The van der Waals surface area contributed by atoms with Crippen LogP contribution < -0.4 is 10.5 Å². The minimum atomic E-state index is -2.05. The highest BCUT2D eigenvalue weighted by molar-refractivity contribution is 6.96. The largest absolute Gasteiger partial charge is 0.353 e. The van der Waals surface area contributed by atoms with Gasteiger partial charge in [0, 0.05) is 12.0 Å². The Kier molecular flexibility index (Phi) is 5.43. The molecule has 0 aromatic heterocycles. The average molecular weight is 344 g/mol. The molecule has 0 aliphatic carbocycles. The second kappa shape index (κ2) is 6.87. The Hall–Kier alpha value is -1.35. The lowest BCUT2D eigenvalue weighted by atomic mass is 9.90. The standard InChI is InChI=1S/C21H33NOSi/c1-8-12-19-21(7,17(6)20(23)22-19)24(15(2)3,16(4)5)18-13-10-9-11-14-18/h8-11,13-17,19H,1,12H2,2-7H3,(H,22,23)/t17-,19-,21+/m0/s1. The monoisotopic (exact) mass is 343 g/mol. The highest BCUT2D eigenvalue weighted by Crippen LogP contribution is 2.59. The SMILES string of the molecule is C=CC[C@@H]1NC(=O)[C@H](C)[C@@]1(C)[Si](c1ccccc1)(C(C)C)C(C)C.